The number of rotatable bonds is 6. The van der Waals surface area contributed by atoms with E-state index in [1.54, 1.807) is 36.4 Å². The molecule has 3 rings (SSSR count). The maximum Gasteiger partial charge on any atom is 0.256 e. The van der Waals surface area contributed by atoms with Gasteiger partial charge in [0.1, 0.15) is 5.82 Å². The van der Waals surface area contributed by atoms with Gasteiger partial charge in [-0.1, -0.05) is 48.5 Å². The van der Waals surface area contributed by atoms with Gasteiger partial charge in [-0.05, 0) is 36.2 Å². The zero-order chi connectivity index (χ0) is 18.2. The minimum absolute atomic E-state index is 0.196. The second-order valence-electron chi connectivity index (χ2n) is 5.74. The van der Waals surface area contributed by atoms with Crippen molar-refractivity contribution in [2.75, 3.05) is 11.9 Å². The highest BCUT2D eigenvalue weighted by Crippen LogP contribution is 2.09. The summed E-state index contributed by atoms with van der Waals surface area (Å²) < 4.78 is 0. The number of hydrogen-bond donors (Lipinski definition) is 2. The molecule has 5 heteroatoms. The topological polar surface area (TPSA) is 71.1 Å². The molecule has 0 aliphatic rings. The molecule has 0 bridgehead atoms. The van der Waals surface area contributed by atoms with Crippen LogP contribution in [0.15, 0.2) is 79.0 Å². The van der Waals surface area contributed by atoms with E-state index in [0.717, 1.165) is 6.42 Å². The van der Waals surface area contributed by atoms with Crippen molar-refractivity contribution in [1.29, 1.82) is 0 Å². The number of carbonyl (C=O) groups excluding carboxylic acids is 2. The summed E-state index contributed by atoms with van der Waals surface area (Å²) in [7, 11) is 0. The summed E-state index contributed by atoms with van der Waals surface area (Å²) in [4.78, 5) is 28.6. The summed E-state index contributed by atoms with van der Waals surface area (Å²) in [6.45, 7) is 0.539. The van der Waals surface area contributed by atoms with Crippen LogP contribution < -0.4 is 10.6 Å². The first-order chi connectivity index (χ1) is 12.7. The van der Waals surface area contributed by atoms with Crippen LogP contribution in [0.25, 0.3) is 0 Å². The van der Waals surface area contributed by atoms with Gasteiger partial charge in [0.2, 0.25) is 0 Å². The monoisotopic (exact) mass is 345 g/mol. The van der Waals surface area contributed by atoms with Crippen molar-refractivity contribution >= 4 is 17.6 Å². The lowest BCUT2D eigenvalue weighted by Gasteiger charge is -2.08. The van der Waals surface area contributed by atoms with Gasteiger partial charge in [-0.3, -0.25) is 9.59 Å². The smallest absolute Gasteiger partial charge is 0.256 e. The molecule has 1 aromatic heterocycles. The lowest BCUT2D eigenvalue weighted by Crippen LogP contribution is -2.26. The zero-order valence-corrected chi connectivity index (χ0v) is 14.2. The van der Waals surface area contributed by atoms with Crippen molar-refractivity contribution in [2.45, 2.75) is 6.42 Å². The fraction of sp³-hybridized carbons (Fsp3) is 0.0952. The number of nitrogens with zero attached hydrogens (tertiary/aromatic N) is 1. The minimum atomic E-state index is -0.264. The number of pyridine rings is 1. The van der Waals surface area contributed by atoms with Gasteiger partial charge in [-0.2, -0.15) is 0 Å². The maximum absolute atomic E-state index is 12.3. The van der Waals surface area contributed by atoms with Crippen LogP contribution in [0.3, 0.4) is 0 Å². The molecule has 130 valence electrons. The van der Waals surface area contributed by atoms with Crippen LogP contribution in [0.2, 0.25) is 0 Å². The number of hydrogen-bond acceptors (Lipinski definition) is 3. The van der Waals surface area contributed by atoms with Gasteiger partial charge < -0.3 is 10.6 Å². The lowest BCUT2D eigenvalue weighted by atomic mass is 10.1. The van der Waals surface area contributed by atoms with Crippen LogP contribution in [-0.2, 0) is 6.42 Å². The Kier molecular flexibility index (Phi) is 5.72. The Labute approximate surface area is 152 Å². The van der Waals surface area contributed by atoms with Crippen LogP contribution in [0.5, 0.6) is 0 Å². The molecule has 2 N–H and O–H groups in total. The molecule has 26 heavy (non-hydrogen) atoms. The first-order valence-electron chi connectivity index (χ1n) is 8.37. The number of carbonyl (C=O) groups is 2. The third-order valence-corrected chi connectivity index (χ3v) is 3.84. The summed E-state index contributed by atoms with van der Waals surface area (Å²) >= 11 is 0. The second kappa shape index (κ2) is 8.58. The SMILES string of the molecule is O=C(NCCc1ccccc1)c1ccnc(NC(=O)c2ccccc2)c1. The summed E-state index contributed by atoms with van der Waals surface area (Å²) in [5.41, 5.74) is 2.15. The van der Waals surface area contributed by atoms with Crippen LogP contribution in [0, 0.1) is 0 Å². The molecule has 2 amide bonds. The number of nitrogens with one attached hydrogen (secondary N) is 2. The second-order valence-corrected chi connectivity index (χ2v) is 5.74. The minimum Gasteiger partial charge on any atom is -0.352 e. The summed E-state index contributed by atoms with van der Waals surface area (Å²) in [5, 5.41) is 5.59. The van der Waals surface area contributed by atoms with Crippen molar-refractivity contribution in [1.82, 2.24) is 10.3 Å². The van der Waals surface area contributed by atoms with Crippen molar-refractivity contribution in [3.8, 4) is 0 Å². The van der Waals surface area contributed by atoms with Crippen LogP contribution in [0.1, 0.15) is 26.3 Å². The lowest BCUT2D eigenvalue weighted by molar-refractivity contribution is 0.0952. The molecule has 2 aromatic carbocycles. The van der Waals surface area contributed by atoms with Gasteiger partial charge in [-0.25, -0.2) is 4.98 Å². The Morgan fingerprint density at radius 1 is 0.808 bits per heavy atom. The predicted molar refractivity (Wildman–Crippen MR) is 101 cm³/mol. The summed E-state index contributed by atoms with van der Waals surface area (Å²) in [5.74, 6) is -0.118. The van der Waals surface area contributed by atoms with Gasteiger partial charge in [0.25, 0.3) is 11.8 Å². The number of aromatic nitrogens is 1. The number of anilines is 1. The van der Waals surface area contributed by atoms with Crippen LogP contribution in [-0.4, -0.2) is 23.3 Å². The average molecular weight is 345 g/mol. The fourth-order valence-corrected chi connectivity index (χ4v) is 2.49. The first kappa shape index (κ1) is 17.4. The van der Waals surface area contributed by atoms with Crippen molar-refractivity contribution in [2.24, 2.45) is 0 Å². The molecular formula is C21H19N3O2. The molecule has 0 atom stereocenters. The van der Waals surface area contributed by atoms with Crippen molar-refractivity contribution in [3.63, 3.8) is 0 Å². The third-order valence-electron chi connectivity index (χ3n) is 3.84. The predicted octanol–water partition coefficient (Wildman–Crippen LogP) is 3.31. The summed E-state index contributed by atoms with van der Waals surface area (Å²) in [6.07, 6.45) is 2.27. The highest BCUT2D eigenvalue weighted by Gasteiger charge is 2.09. The molecule has 0 spiro atoms. The molecule has 0 saturated heterocycles. The molecule has 0 radical (unpaired) electrons. The normalized spacial score (nSPS) is 10.2. The molecule has 0 aliphatic heterocycles. The van der Waals surface area contributed by atoms with E-state index in [9.17, 15) is 9.59 Å². The van der Waals surface area contributed by atoms with Gasteiger partial charge in [0, 0.05) is 23.9 Å². The highest BCUT2D eigenvalue weighted by atomic mass is 16.2. The Hall–Kier alpha value is -3.47. The number of benzene rings is 2. The Bertz CT molecular complexity index is 880. The Morgan fingerprint density at radius 3 is 2.23 bits per heavy atom. The molecule has 0 aliphatic carbocycles. The molecule has 1 heterocycles. The molecule has 3 aromatic rings. The van der Waals surface area contributed by atoms with E-state index >= 15 is 0 Å². The highest BCUT2D eigenvalue weighted by molar-refractivity contribution is 6.04. The molecule has 0 saturated carbocycles. The van der Waals surface area contributed by atoms with Gasteiger partial charge in [-0.15, -0.1) is 0 Å². The van der Waals surface area contributed by atoms with E-state index in [-0.39, 0.29) is 11.8 Å². The summed E-state index contributed by atoms with van der Waals surface area (Å²) in [6, 6.07) is 22.0. The zero-order valence-electron chi connectivity index (χ0n) is 14.2. The quantitative estimate of drug-likeness (QED) is 0.720. The molecule has 0 fully saturated rings. The van der Waals surface area contributed by atoms with E-state index < -0.39 is 0 Å². The molecular weight excluding hydrogens is 326 g/mol. The number of amides is 2. The van der Waals surface area contributed by atoms with Gasteiger partial charge >= 0.3 is 0 Å². The average Bonchev–Trinajstić information content (AvgIpc) is 2.69. The standard InChI is InChI=1S/C21H19N3O2/c25-20(23-13-11-16-7-3-1-4-8-16)18-12-14-22-19(15-18)24-21(26)17-9-5-2-6-10-17/h1-10,12,14-15H,11,13H2,(H,23,25)(H,22,24,26). The van der Waals surface area contributed by atoms with E-state index in [0.29, 0.717) is 23.5 Å². The Balaban J connectivity index is 1.58. The van der Waals surface area contributed by atoms with E-state index in [2.05, 4.69) is 15.6 Å². The van der Waals surface area contributed by atoms with Gasteiger partial charge in [0.05, 0.1) is 0 Å². The van der Waals surface area contributed by atoms with E-state index in [4.69, 9.17) is 0 Å². The third kappa shape index (κ3) is 4.77. The first-order valence-corrected chi connectivity index (χ1v) is 8.37. The molecule has 0 unspecified atom stereocenters. The van der Waals surface area contributed by atoms with E-state index in [1.807, 2.05) is 36.4 Å². The Morgan fingerprint density at radius 2 is 1.50 bits per heavy atom. The molecule has 5 nitrogen and oxygen atoms in total. The fourth-order valence-electron chi connectivity index (χ4n) is 2.49. The van der Waals surface area contributed by atoms with Crippen LogP contribution >= 0.6 is 0 Å². The largest absolute Gasteiger partial charge is 0.352 e. The van der Waals surface area contributed by atoms with Crippen molar-refractivity contribution < 1.29 is 9.59 Å². The van der Waals surface area contributed by atoms with E-state index in [1.165, 1.54) is 11.8 Å². The van der Waals surface area contributed by atoms with Gasteiger partial charge in [0.15, 0.2) is 0 Å². The maximum atomic E-state index is 12.3. The van der Waals surface area contributed by atoms with Crippen molar-refractivity contribution in [3.05, 3.63) is 95.7 Å². The van der Waals surface area contributed by atoms with Crippen LogP contribution in [0.4, 0.5) is 5.82 Å².